The smallest absolute Gasteiger partial charge is 0.123 e. The number of hydrogen-bond acceptors (Lipinski definition) is 3. The van der Waals surface area contributed by atoms with Gasteiger partial charge in [-0.05, 0) is 12.5 Å². The SMILES string of the molecule is CCCS(=O)CCOc1ccccc1CN. The normalized spacial score (nSPS) is 12.4. The lowest BCUT2D eigenvalue weighted by Crippen LogP contribution is -2.12. The van der Waals surface area contributed by atoms with Crippen LogP contribution in [-0.4, -0.2) is 22.3 Å². The molecule has 0 aliphatic heterocycles. The van der Waals surface area contributed by atoms with E-state index in [1.54, 1.807) is 0 Å². The molecule has 1 aromatic rings. The van der Waals surface area contributed by atoms with Gasteiger partial charge in [0.1, 0.15) is 5.75 Å². The van der Waals surface area contributed by atoms with E-state index in [-0.39, 0.29) is 0 Å². The van der Waals surface area contributed by atoms with Gasteiger partial charge in [-0.3, -0.25) is 4.21 Å². The molecule has 0 bridgehead atoms. The predicted octanol–water partition coefficient (Wildman–Crippen LogP) is 1.68. The van der Waals surface area contributed by atoms with E-state index >= 15 is 0 Å². The molecule has 1 aromatic carbocycles. The first kappa shape index (κ1) is 13.2. The molecule has 16 heavy (non-hydrogen) atoms. The second-order valence-corrected chi connectivity index (χ2v) is 5.20. The van der Waals surface area contributed by atoms with Gasteiger partial charge in [-0.2, -0.15) is 0 Å². The van der Waals surface area contributed by atoms with E-state index in [1.165, 1.54) is 0 Å². The molecule has 3 nitrogen and oxygen atoms in total. The van der Waals surface area contributed by atoms with Crippen molar-refractivity contribution in [2.24, 2.45) is 5.73 Å². The number of para-hydroxylation sites is 1. The summed E-state index contributed by atoms with van der Waals surface area (Å²) in [6, 6.07) is 7.69. The first-order valence-corrected chi connectivity index (χ1v) is 7.02. The zero-order chi connectivity index (χ0) is 11.8. The van der Waals surface area contributed by atoms with Crippen molar-refractivity contribution in [3.05, 3.63) is 29.8 Å². The van der Waals surface area contributed by atoms with Crippen molar-refractivity contribution >= 4 is 10.8 Å². The third-order valence-electron chi connectivity index (χ3n) is 2.19. The van der Waals surface area contributed by atoms with Crippen molar-refractivity contribution in [3.8, 4) is 5.75 Å². The molecular weight excluding hydrogens is 222 g/mol. The standard InChI is InChI=1S/C12H19NO2S/c1-2-8-16(14)9-7-15-12-6-4-3-5-11(12)10-13/h3-6H,2,7-10,13H2,1H3. The van der Waals surface area contributed by atoms with E-state index in [0.29, 0.717) is 18.9 Å². The average molecular weight is 241 g/mol. The molecule has 0 saturated heterocycles. The Morgan fingerprint density at radius 1 is 1.31 bits per heavy atom. The van der Waals surface area contributed by atoms with E-state index < -0.39 is 10.8 Å². The van der Waals surface area contributed by atoms with Crippen molar-refractivity contribution in [1.82, 2.24) is 0 Å². The lowest BCUT2D eigenvalue weighted by molar-refractivity contribution is 0.339. The number of nitrogens with two attached hydrogens (primary N) is 1. The molecule has 1 rings (SSSR count). The summed E-state index contributed by atoms with van der Waals surface area (Å²) in [5.74, 6) is 2.15. The van der Waals surface area contributed by atoms with Gasteiger partial charge in [0.15, 0.2) is 0 Å². The molecule has 0 spiro atoms. The molecule has 1 atom stereocenters. The highest BCUT2D eigenvalue weighted by molar-refractivity contribution is 7.84. The Morgan fingerprint density at radius 3 is 2.75 bits per heavy atom. The van der Waals surface area contributed by atoms with Crippen LogP contribution in [0.15, 0.2) is 24.3 Å². The largest absolute Gasteiger partial charge is 0.492 e. The second-order valence-electron chi connectivity index (χ2n) is 3.51. The van der Waals surface area contributed by atoms with Gasteiger partial charge in [0.2, 0.25) is 0 Å². The highest BCUT2D eigenvalue weighted by Crippen LogP contribution is 2.16. The van der Waals surface area contributed by atoms with Crippen LogP contribution in [0.4, 0.5) is 0 Å². The van der Waals surface area contributed by atoms with Gasteiger partial charge in [-0.25, -0.2) is 0 Å². The van der Waals surface area contributed by atoms with Gasteiger partial charge in [0.25, 0.3) is 0 Å². The fourth-order valence-corrected chi connectivity index (χ4v) is 2.32. The van der Waals surface area contributed by atoms with Crippen LogP contribution in [0, 0.1) is 0 Å². The molecule has 0 heterocycles. The van der Waals surface area contributed by atoms with E-state index in [2.05, 4.69) is 0 Å². The van der Waals surface area contributed by atoms with Crippen molar-refractivity contribution in [2.75, 3.05) is 18.1 Å². The maximum Gasteiger partial charge on any atom is 0.123 e. The Hall–Kier alpha value is -0.870. The summed E-state index contributed by atoms with van der Waals surface area (Å²) >= 11 is 0. The Balaban J connectivity index is 2.39. The van der Waals surface area contributed by atoms with Crippen LogP contribution in [0.1, 0.15) is 18.9 Å². The van der Waals surface area contributed by atoms with Crippen molar-refractivity contribution < 1.29 is 8.95 Å². The summed E-state index contributed by atoms with van der Waals surface area (Å²) in [5.41, 5.74) is 6.58. The van der Waals surface area contributed by atoms with Crippen LogP contribution in [0.5, 0.6) is 5.75 Å². The monoisotopic (exact) mass is 241 g/mol. The molecule has 0 aliphatic carbocycles. The lowest BCUT2D eigenvalue weighted by Gasteiger charge is -2.09. The molecule has 1 unspecified atom stereocenters. The molecule has 0 aliphatic rings. The van der Waals surface area contributed by atoms with Gasteiger partial charge in [-0.15, -0.1) is 0 Å². The number of benzene rings is 1. The minimum atomic E-state index is -0.759. The molecule has 0 fully saturated rings. The molecule has 0 amide bonds. The fourth-order valence-electron chi connectivity index (χ4n) is 1.39. The Kier molecular flexibility index (Phi) is 6.11. The summed E-state index contributed by atoms with van der Waals surface area (Å²) < 4.78 is 17.0. The minimum Gasteiger partial charge on any atom is -0.492 e. The first-order valence-electron chi connectivity index (χ1n) is 5.53. The van der Waals surface area contributed by atoms with Crippen molar-refractivity contribution in [2.45, 2.75) is 19.9 Å². The summed E-state index contributed by atoms with van der Waals surface area (Å²) in [7, 11) is -0.759. The molecule has 90 valence electrons. The highest BCUT2D eigenvalue weighted by atomic mass is 32.2. The van der Waals surface area contributed by atoms with Crippen molar-refractivity contribution in [3.63, 3.8) is 0 Å². The van der Waals surface area contributed by atoms with Crippen LogP contribution in [0.2, 0.25) is 0 Å². The molecule has 0 saturated carbocycles. The topological polar surface area (TPSA) is 52.3 Å². The third kappa shape index (κ3) is 4.33. The van der Waals surface area contributed by atoms with E-state index in [4.69, 9.17) is 10.5 Å². The zero-order valence-corrected chi connectivity index (χ0v) is 10.5. The summed E-state index contributed by atoms with van der Waals surface area (Å²) in [6.45, 7) is 2.99. The summed E-state index contributed by atoms with van der Waals surface area (Å²) in [4.78, 5) is 0. The Bertz CT molecular complexity index is 342. The highest BCUT2D eigenvalue weighted by Gasteiger charge is 2.02. The van der Waals surface area contributed by atoms with Crippen LogP contribution >= 0.6 is 0 Å². The molecule has 0 radical (unpaired) electrons. The maximum absolute atomic E-state index is 11.4. The van der Waals surface area contributed by atoms with Crippen molar-refractivity contribution in [1.29, 1.82) is 0 Å². The van der Waals surface area contributed by atoms with E-state index in [9.17, 15) is 4.21 Å². The van der Waals surface area contributed by atoms with Crippen LogP contribution in [-0.2, 0) is 17.3 Å². The van der Waals surface area contributed by atoms with Gasteiger partial charge < -0.3 is 10.5 Å². The molecule has 0 aromatic heterocycles. The Labute approximate surface area is 99.4 Å². The Morgan fingerprint density at radius 2 is 2.06 bits per heavy atom. The second kappa shape index (κ2) is 7.41. The van der Waals surface area contributed by atoms with Crippen LogP contribution in [0.3, 0.4) is 0 Å². The lowest BCUT2D eigenvalue weighted by atomic mass is 10.2. The van der Waals surface area contributed by atoms with E-state index in [0.717, 1.165) is 23.5 Å². The maximum atomic E-state index is 11.4. The summed E-state index contributed by atoms with van der Waals surface area (Å²) in [6.07, 6.45) is 0.950. The summed E-state index contributed by atoms with van der Waals surface area (Å²) in [5, 5.41) is 0. The fraction of sp³-hybridized carbons (Fsp3) is 0.500. The predicted molar refractivity (Wildman–Crippen MR) is 68.0 cm³/mol. The minimum absolute atomic E-state index is 0.466. The third-order valence-corrected chi connectivity index (χ3v) is 3.68. The van der Waals surface area contributed by atoms with Crippen LogP contribution in [0.25, 0.3) is 0 Å². The zero-order valence-electron chi connectivity index (χ0n) is 9.65. The van der Waals surface area contributed by atoms with E-state index in [1.807, 2.05) is 31.2 Å². The van der Waals surface area contributed by atoms with Gasteiger partial charge >= 0.3 is 0 Å². The molecule has 2 N–H and O–H groups in total. The van der Waals surface area contributed by atoms with Gasteiger partial charge in [-0.1, -0.05) is 25.1 Å². The molecule has 4 heteroatoms. The number of ether oxygens (including phenoxy) is 1. The number of rotatable bonds is 7. The van der Waals surface area contributed by atoms with Gasteiger partial charge in [0.05, 0.1) is 12.4 Å². The number of hydrogen-bond donors (Lipinski definition) is 1. The molecular formula is C12H19NO2S. The first-order chi connectivity index (χ1) is 7.77. The average Bonchev–Trinajstić information content (AvgIpc) is 2.30. The van der Waals surface area contributed by atoms with Gasteiger partial charge in [0, 0.05) is 28.7 Å². The quantitative estimate of drug-likeness (QED) is 0.790. The van der Waals surface area contributed by atoms with Crippen LogP contribution < -0.4 is 10.5 Å².